The summed E-state index contributed by atoms with van der Waals surface area (Å²) in [6.07, 6.45) is 7.73. The quantitative estimate of drug-likeness (QED) is 0.547. The normalized spacial score (nSPS) is 22.3. The molecule has 2 aromatic rings. The molecule has 1 fully saturated rings. The van der Waals surface area contributed by atoms with E-state index in [0.717, 1.165) is 25.7 Å². The molecule has 0 radical (unpaired) electrons. The number of carbonyl (C=O) groups is 3. The summed E-state index contributed by atoms with van der Waals surface area (Å²) in [5.41, 5.74) is 0.939. The van der Waals surface area contributed by atoms with Gasteiger partial charge in [-0.3, -0.25) is 14.4 Å². The van der Waals surface area contributed by atoms with E-state index in [2.05, 4.69) is 26.3 Å². The highest BCUT2D eigenvalue weighted by Gasteiger charge is 2.28. The Morgan fingerprint density at radius 3 is 2.69 bits per heavy atom. The van der Waals surface area contributed by atoms with Crippen LogP contribution in [0.4, 0.5) is 0 Å². The number of benzene rings is 1. The van der Waals surface area contributed by atoms with Gasteiger partial charge in [0.15, 0.2) is 11.5 Å². The van der Waals surface area contributed by atoms with Crippen LogP contribution in [0.5, 0.6) is 11.5 Å². The molecule has 1 saturated carbocycles. The largest absolute Gasteiger partial charge is 0.493 e. The zero-order chi connectivity index (χ0) is 25.5. The van der Waals surface area contributed by atoms with E-state index < -0.39 is 12.1 Å². The van der Waals surface area contributed by atoms with Gasteiger partial charge in [0, 0.05) is 5.56 Å². The Morgan fingerprint density at radius 1 is 1.11 bits per heavy atom. The Bertz CT molecular complexity index is 1080. The number of aromatic nitrogens is 3. The van der Waals surface area contributed by atoms with Crippen LogP contribution in [0.2, 0.25) is 0 Å². The zero-order valence-corrected chi connectivity index (χ0v) is 20.8. The summed E-state index contributed by atoms with van der Waals surface area (Å²) in [7, 11) is 1.51. The van der Waals surface area contributed by atoms with Crippen LogP contribution in [0.3, 0.4) is 0 Å². The Kier molecular flexibility index (Phi) is 8.40. The van der Waals surface area contributed by atoms with Crippen LogP contribution in [0.25, 0.3) is 0 Å². The number of ether oxygens (including phenoxy) is 2. The molecular formula is C25H34N6O5. The fraction of sp³-hybridized carbons (Fsp3) is 0.560. The maximum absolute atomic E-state index is 13.2. The molecule has 11 heteroatoms. The molecule has 11 nitrogen and oxygen atoms in total. The van der Waals surface area contributed by atoms with Crippen molar-refractivity contribution in [2.24, 2.45) is 5.92 Å². The smallest absolute Gasteiger partial charge is 0.252 e. The number of amides is 3. The molecule has 194 valence electrons. The summed E-state index contributed by atoms with van der Waals surface area (Å²) in [5, 5.41) is 16.6. The van der Waals surface area contributed by atoms with E-state index in [1.807, 2.05) is 0 Å². The Balaban J connectivity index is 1.58. The lowest BCUT2D eigenvalue weighted by Gasteiger charge is -2.27. The van der Waals surface area contributed by atoms with Crippen molar-refractivity contribution in [3.63, 3.8) is 0 Å². The SMILES string of the molecule is COc1cc2ccc1OCCn1cc(nn1)CNC(=O)[C@@H](C)NC(=O)[C@H](CC1CCCCC1)NC2=O. The summed E-state index contributed by atoms with van der Waals surface area (Å²) >= 11 is 0. The van der Waals surface area contributed by atoms with E-state index in [0.29, 0.717) is 48.2 Å². The molecule has 0 saturated heterocycles. The van der Waals surface area contributed by atoms with Gasteiger partial charge < -0.3 is 25.4 Å². The fourth-order valence-corrected chi connectivity index (χ4v) is 4.65. The zero-order valence-electron chi connectivity index (χ0n) is 20.8. The molecule has 2 aliphatic heterocycles. The average Bonchev–Trinajstić information content (AvgIpc) is 3.34. The van der Waals surface area contributed by atoms with Gasteiger partial charge in [-0.05, 0) is 37.5 Å². The van der Waals surface area contributed by atoms with E-state index in [-0.39, 0.29) is 24.3 Å². The van der Waals surface area contributed by atoms with Crippen molar-refractivity contribution in [3.8, 4) is 11.5 Å². The molecule has 0 unspecified atom stereocenters. The predicted molar refractivity (Wildman–Crippen MR) is 130 cm³/mol. The van der Waals surface area contributed by atoms with Crippen LogP contribution in [0, 0.1) is 5.92 Å². The van der Waals surface area contributed by atoms with Crippen molar-refractivity contribution in [3.05, 3.63) is 35.7 Å². The van der Waals surface area contributed by atoms with Crippen molar-refractivity contribution in [1.82, 2.24) is 30.9 Å². The molecule has 3 heterocycles. The van der Waals surface area contributed by atoms with Crippen molar-refractivity contribution in [2.45, 2.75) is 70.6 Å². The van der Waals surface area contributed by atoms with E-state index in [4.69, 9.17) is 9.47 Å². The highest BCUT2D eigenvalue weighted by molar-refractivity contribution is 5.98. The number of fused-ring (bicyclic) bond motifs is 12. The molecule has 36 heavy (non-hydrogen) atoms. The molecule has 5 rings (SSSR count). The highest BCUT2D eigenvalue weighted by Crippen LogP contribution is 2.29. The van der Waals surface area contributed by atoms with Crippen molar-refractivity contribution < 1.29 is 23.9 Å². The first-order chi connectivity index (χ1) is 17.4. The number of methoxy groups -OCH3 is 1. The van der Waals surface area contributed by atoms with E-state index in [9.17, 15) is 14.4 Å². The topological polar surface area (TPSA) is 136 Å². The minimum absolute atomic E-state index is 0.178. The Morgan fingerprint density at radius 2 is 1.92 bits per heavy atom. The number of carbonyl (C=O) groups excluding carboxylic acids is 3. The van der Waals surface area contributed by atoms with E-state index in [1.54, 1.807) is 36.0 Å². The fourth-order valence-electron chi connectivity index (χ4n) is 4.65. The van der Waals surface area contributed by atoms with Crippen LogP contribution in [0.1, 0.15) is 61.5 Å². The number of hydrogen-bond donors (Lipinski definition) is 3. The second-order valence-electron chi connectivity index (χ2n) is 9.40. The Hall–Kier alpha value is -3.63. The number of nitrogens with zero attached hydrogens (tertiary/aromatic N) is 3. The summed E-state index contributed by atoms with van der Waals surface area (Å²) in [6, 6.07) is 3.36. The summed E-state index contributed by atoms with van der Waals surface area (Å²) in [5.74, 6) is 0.129. The summed E-state index contributed by atoms with van der Waals surface area (Å²) in [6.45, 7) is 2.53. The summed E-state index contributed by atoms with van der Waals surface area (Å²) in [4.78, 5) is 39.0. The van der Waals surface area contributed by atoms with Gasteiger partial charge in [0.05, 0.1) is 26.4 Å². The van der Waals surface area contributed by atoms with Gasteiger partial charge in [0.2, 0.25) is 11.8 Å². The third-order valence-corrected chi connectivity index (χ3v) is 6.70. The number of nitrogens with one attached hydrogen (secondary N) is 3. The monoisotopic (exact) mass is 498 g/mol. The van der Waals surface area contributed by atoms with Gasteiger partial charge in [-0.15, -0.1) is 5.10 Å². The third-order valence-electron chi connectivity index (χ3n) is 6.70. The third kappa shape index (κ3) is 6.52. The van der Waals surface area contributed by atoms with Crippen molar-refractivity contribution in [2.75, 3.05) is 13.7 Å². The van der Waals surface area contributed by atoms with Gasteiger partial charge in [-0.2, -0.15) is 0 Å². The van der Waals surface area contributed by atoms with Crippen molar-refractivity contribution in [1.29, 1.82) is 0 Å². The van der Waals surface area contributed by atoms with Crippen LogP contribution in [-0.4, -0.2) is 58.5 Å². The maximum Gasteiger partial charge on any atom is 0.252 e. The second kappa shape index (κ2) is 11.9. The first-order valence-electron chi connectivity index (χ1n) is 12.5. The molecule has 1 aromatic heterocycles. The molecule has 1 aromatic carbocycles. The van der Waals surface area contributed by atoms with Crippen LogP contribution in [-0.2, 0) is 22.7 Å². The van der Waals surface area contributed by atoms with Crippen LogP contribution in [0.15, 0.2) is 24.4 Å². The molecule has 1 aliphatic carbocycles. The molecule has 0 spiro atoms. The van der Waals surface area contributed by atoms with E-state index in [1.165, 1.54) is 13.5 Å². The average molecular weight is 499 g/mol. The minimum atomic E-state index is -0.784. The maximum atomic E-state index is 13.2. The first kappa shape index (κ1) is 25.5. The van der Waals surface area contributed by atoms with Crippen LogP contribution >= 0.6 is 0 Å². The molecule has 3 aliphatic rings. The lowest BCUT2D eigenvalue weighted by Crippen LogP contribution is -2.53. The van der Waals surface area contributed by atoms with Gasteiger partial charge >= 0.3 is 0 Å². The number of rotatable bonds is 3. The summed E-state index contributed by atoms with van der Waals surface area (Å²) < 4.78 is 12.9. The predicted octanol–water partition coefficient (Wildman–Crippen LogP) is 1.57. The standard InChI is InChI=1S/C25H34N6O5/c1-16-23(32)26-14-19-15-31(30-29-19)10-11-36-21-9-8-18(13-22(21)35-2)24(33)28-20(25(34)27-16)12-17-6-4-3-5-7-17/h8-9,13,15-17,20H,3-7,10-12,14H2,1-2H3,(H,26,32)(H,27,34)(H,28,33)/t16-,20+/m1/s1. The van der Waals surface area contributed by atoms with Crippen molar-refractivity contribution >= 4 is 17.7 Å². The lowest BCUT2D eigenvalue weighted by molar-refractivity contribution is -0.129. The molecule has 3 N–H and O–H groups in total. The minimum Gasteiger partial charge on any atom is -0.493 e. The first-order valence-corrected chi connectivity index (χ1v) is 12.5. The van der Waals surface area contributed by atoms with Gasteiger partial charge in [-0.1, -0.05) is 37.3 Å². The Labute approximate surface area is 210 Å². The molecule has 3 amide bonds. The van der Waals surface area contributed by atoms with Crippen LogP contribution < -0.4 is 25.4 Å². The molecule has 2 atom stereocenters. The lowest BCUT2D eigenvalue weighted by atomic mass is 9.84. The van der Waals surface area contributed by atoms with E-state index >= 15 is 0 Å². The van der Waals surface area contributed by atoms with Gasteiger partial charge in [0.25, 0.3) is 5.91 Å². The molecular weight excluding hydrogens is 464 g/mol. The van der Waals surface area contributed by atoms with Gasteiger partial charge in [-0.25, -0.2) is 4.68 Å². The number of hydrogen-bond acceptors (Lipinski definition) is 7. The molecule has 4 bridgehead atoms. The van der Waals surface area contributed by atoms with Gasteiger partial charge in [0.1, 0.15) is 24.4 Å². The second-order valence-corrected chi connectivity index (χ2v) is 9.40. The highest BCUT2D eigenvalue weighted by atomic mass is 16.5.